The molecule has 0 radical (unpaired) electrons. The number of pyridine rings is 1. The molecule has 0 saturated carbocycles. The van der Waals surface area contributed by atoms with E-state index in [4.69, 9.17) is 8.83 Å². The Hall–Kier alpha value is -4.21. The molecule has 0 N–H and O–H groups in total. The number of hydrogen-bond acceptors (Lipinski definition) is 7. The number of halogens is 2. The molecule has 1 aromatic carbocycles. The van der Waals surface area contributed by atoms with Gasteiger partial charge < -0.3 is 8.83 Å². The zero-order valence-corrected chi connectivity index (χ0v) is 18.2. The van der Waals surface area contributed by atoms with Crippen LogP contribution in [0.3, 0.4) is 0 Å². The molecule has 4 aromatic rings. The van der Waals surface area contributed by atoms with E-state index in [0.29, 0.717) is 22.4 Å². The molecule has 34 heavy (non-hydrogen) atoms. The van der Waals surface area contributed by atoms with Crippen LogP contribution in [0, 0.1) is 0 Å². The first kappa shape index (κ1) is 21.6. The van der Waals surface area contributed by atoms with Crippen molar-refractivity contribution >= 4 is 11.8 Å². The summed E-state index contributed by atoms with van der Waals surface area (Å²) in [6.45, 7) is 3.51. The zero-order chi connectivity index (χ0) is 24.0. The lowest BCUT2D eigenvalue weighted by molar-refractivity contribution is -0.134. The maximum absolute atomic E-state index is 13.3. The Bertz CT molecular complexity index is 1380. The number of aromatic nitrogens is 3. The molecule has 8 nitrogen and oxygen atoms in total. The predicted octanol–water partition coefficient (Wildman–Crippen LogP) is 4.79. The summed E-state index contributed by atoms with van der Waals surface area (Å²) in [5, 5.41) is 6.88. The molecule has 0 spiro atoms. The van der Waals surface area contributed by atoms with Crippen LogP contribution in [-0.4, -0.2) is 31.9 Å². The molecule has 1 aliphatic rings. The molecular weight excluding hydrogens is 446 g/mol. The van der Waals surface area contributed by atoms with E-state index < -0.39 is 23.6 Å². The highest BCUT2D eigenvalue weighted by Gasteiger charge is 2.44. The Morgan fingerprint density at radius 2 is 1.82 bits per heavy atom. The SMILES string of the molecule is CC1(C)C(=O)N(Cc2ccc(-c3nnc(C(F)F)o3)cn2)C(=O)c2ccc(-c3ccoc3)cc21. The minimum atomic E-state index is -2.87. The van der Waals surface area contributed by atoms with Gasteiger partial charge in [-0.2, -0.15) is 8.78 Å². The average molecular weight is 464 g/mol. The molecule has 1 aliphatic heterocycles. The standard InChI is InChI=1S/C24H18F2N4O4/c1-24(2)18-9-13(15-7-8-33-12-15)4-6-17(18)22(31)30(23(24)32)11-16-5-3-14(10-27-16)20-28-29-21(34-20)19(25)26/h3-10,12,19H,11H2,1-2H3. The van der Waals surface area contributed by atoms with Crippen molar-refractivity contribution in [1.29, 1.82) is 0 Å². The molecule has 2 amide bonds. The summed E-state index contributed by atoms with van der Waals surface area (Å²) in [6.07, 6.45) is 1.66. The first-order chi connectivity index (χ1) is 16.3. The number of hydrogen-bond donors (Lipinski definition) is 0. The molecule has 0 bridgehead atoms. The molecule has 5 rings (SSSR count). The van der Waals surface area contributed by atoms with Gasteiger partial charge in [-0.05, 0) is 55.3 Å². The molecule has 0 saturated heterocycles. The fourth-order valence-corrected chi connectivity index (χ4v) is 3.94. The topological polar surface area (TPSA) is 102 Å². The third-order valence-electron chi connectivity index (χ3n) is 5.82. The Morgan fingerprint density at radius 1 is 1.03 bits per heavy atom. The summed E-state index contributed by atoms with van der Waals surface area (Å²) in [6, 6.07) is 10.3. The summed E-state index contributed by atoms with van der Waals surface area (Å²) in [5.41, 5.74) is 2.63. The Morgan fingerprint density at radius 3 is 2.47 bits per heavy atom. The van der Waals surface area contributed by atoms with E-state index in [1.807, 2.05) is 18.2 Å². The highest BCUT2D eigenvalue weighted by atomic mass is 19.3. The van der Waals surface area contributed by atoms with E-state index in [9.17, 15) is 18.4 Å². The molecule has 4 heterocycles. The number of fused-ring (bicyclic) bond motifs is 1. The van der Waals surface area contributed by atoms with Crippen molar-refractivity contribution in [3.63, 3.8) is 0 Å². The van der Waals surface area contributed by atoms with Crippen molar-refractivity contribution in [3.05, 3.63) is 77.8 Å². The monoisotopic (exact) mass is 464 g/mol. The summed E-state index contributed by atoms with van der Waals surface area (Å²) < 4.78 is 35.4. The van der Waals surface area contributed by atoms with Crippen LogP contribution in [0.15, 0.2) is 64.0 Å². The van der Waals surface area contributed by atoms with Crippen molar-refractivity contribution < 1.29 is 27.2 Å². The van der Waals surface area contributed by atoms with Crippen LogP contribution in [0.4, 0.5) is 8.78 Å². The lowest BCUT2D eigenvalue weighted by atomic mass is 9.76. The number of carbonyl (C=O) groups is 2. The number of nitrogens with zero attached hydrogens (tertiary/aromatic N) is 4. The van der Waals surface area contributed by atoms with Crippen LogP contribution in [0.2, 0.25) is 0 Å². The minimum Gasteiger partial charge on any atom is -0.472 e. The van der Waals surface area contributed by atoms with E-state index in [1.54, 1.807) is 44.6 Å². The van der Waals surface area contributed by atoms with Gasteiger partial charge in [0.1, 0.15) is 0 Å². The molecular formula is C24H18F2N4O4. The number of rotatable bonds is 5. The number of alkyl halides is 2. The Balaban J connectivity index is 1.42. The Labute approximate surface area is 192 Å². The molecule has 0 fully saturated rings. The van der Waals surface area contributed by atoms with Crippen LogP contribution in [-0.2, 0) is 16.8 Å². The first-order valence-corrected chi connectivity index (χ1v) is 10.4. The summed E-state index contributed by atoms with van der Waals surface area (Å²) in [4.78, 5) is 32.0. The summed E-state index contributed by atoms with van der Waals surface area (Å²) >= 11 is 0. The minimum absolute atomic E-state index is 0.0452. The van der Waals surface area contributed by atoms with E-state index in [0.717, 1.165) is 11.1 Å². The summed E-state index contributed by atoms with van der Waals surface area (Å²) in [5.74, 6) is -1.63. The lowest BCUT2D eigenvalue weighted by Gasteiger charge is -2.37. The van der Waals surface area contributed by atoms with Crippen LogP contribution in [0.5, 0.6) is 0 Å². The second-order valence-electron chi connectivity index (χ2n) is 8.38. The van der Waals surface area contributed by atoms with Crippen LogP contribution >= 0.6 is 0 Å². The maximum atomic E-state index is 13.3. The van der Waals surface area contributed by atoms with Crippen molar-refractivity contribution in [2.45, 2.75) is 32.2 Å². The molecule has 0 aliphatic carbocycles. The maximum Gasteiger partial charge on any atom is 0.314 e. The van der Waals surface area contributed by atoms with Crippen LogP contribution in [0.1, 0.15) is 47.8 Å². The molecule has 172 valence electrons. The largest absolute Gasteiger partial charge is 0.472 e. The van der Waals surface area contributed by atoms with Crippen molar-refractivity contribution in [2.75, 3.05) is 0 Å². The highest BCUT2D eigenvalue weighted by molar-refractivity contribution is 6.13. The van der Waals surface area contributed by atoms with Crippen molar-refractivity contribution in [3.8, 4) is 22.6 Å². The van der Waals surface area contributed by atoms with Gasteiger partial charge in [-0.3, -0.25) is 19.5 Å². The van der Waals surface area contributed by atoms with Crippen LogP contribution < -0.4 is 0 Å². The van der Waals surface area contributed by atoms with E-state index >= 15 is 0 Å². The van der Waals surface area contributed by atoms with Gasteiger partial charge in [0.2, 0.25) is 11.8 Å². The predicted molar refractivity (Wildman–Crippen MR) is 115 cm³/mol. The zero-order valence-electron chi connectivity index (χ0n) is 18.2. The second kappa shape index (κ2) is 7.98. The van der Waals surface area contributed by atoms with Crippen molar-refractivity contribution in [1.82, 2.24) is 20.1 Å². The van der Waals surface area contributed by atoms with E-state index in [2.05, 4.69) is 15.2 Å². The van der Waals surface area contributed by atoms with Gasteiger partial charge >= 0.3 is 6.43 Å². The quantitative estimate of drug-likeness (QED) is 0.391. The van der Waals surface area contributed by atoms with Gasteiger partial charge in [-0.15, -0.1) is 10.2 Å². The fraction of sp³-hybridized carbons (Fsp3) is 0.208. The smallest absolute Gasteiger partial charge is 0.314 e. The molecule has 3 aromatic heterocycles. The van der Waals surface area contributed by atoms with Crippen LogP contribution in [0.25, 0.3) is 22.6 Å². The van der Waals surface area contributed by atoms with E-state index in [-0.39, 0.29) is 18.3 Å². The van der Waals surface area contributed by atoms with Gasteiger partial charge in [0.25, 0.3) is 11.8 Å². The summed E-state index contributed by atoms with van der Waals surface area (Å²) in [7, 11) is 0. The van der Waals surface area contributed by atoms with Gasteiger partial charge in [0, 0.05) is 17.3 Å². The molecule has 0 atom stereocenters. The number of benzene rings is 1. The van der Waals surface area contributed by atoms with Gasteiger partial charge in [-0.1, -0.05) is 6.07 Å². The van der Waals surface area contributed by atoms with Gasteiger partial charge in [-0.25, -0.2) is 0 Å². The Kier molecular flexibility index (Phi) is 5.07. The number of furan rings is 1. The fourth-order valence-electron chi connectivity index (χ4n) is 3.94. The lowest BCUT2D eigenvalue weighted by Crippen LogP contribution is -2.51. The van der Waals surface area contributed by atoms with Gasteiger partial charge in [0.15, 0.2) is 0 Å². The normalized spacial score (nSPS) is 15.1. The first-order valence-electron chi connectivity index (χ1n) is 10.4. The average Bonchev–Trinajstić information content (AvgIpc) is 3.54. The van der Waals surface area contributed by atoms with Crippen molar-refractivity contribution in [2.24, 2.45) is 0 Å². The third kappa shape index (κ3) is 3.57. The van der Waals surface area contributed by atoms with Gasteiger partial charge in [0.05, 0.1) is 35.7 Å². The number of imide groups is 1. The molecule has 10 heteroatoms. The molecule has 0 unspecified atom stereocenters. The third-order valence-corrected chi connectivity index (χ3v) is 5.82. The number of carbonyl (C=O) groups excluding carboxylic acids is 2. The van der Waals surface area contributed by atoms with E-state index in [1.165, 1.54) is 11.1 Å². The second-order valence-corrected chi connectivity index (χ2v) is 8.38. The number of amides is 2. The highest BCUT2D eigenvalue weighted by Crippen LogP contribution is 2.37.